The molecule has 57 heavy (non-hydrogen) atoms. The van der Waals surface area contributed by atoms with Crippen LogP contribution < -0.4 is 20.7 Å². The maximum Gasteiger partial charge on any atom is 0.238 e. The Morgan fingerprint density at radius 2 is 0.877 bits per heavy atom. The fourth-order valence-corrected chi connectivity index (χ4v) is 11.4. The number of aromatic nitrogens is 5. The Morgan fingerprint density at radius 1 is 0.386 bits per heavy atom. The topological polar surface area (TPSA) is 48.5 Å². The number of fused-ring (bicyclic) bond motifs is 8. The summed E-state index contributed by atoms with van der Waals surface area (Å²) in [6.45, 7) is 0. The van der Waals surface area contributed by atoms with Crippen LogP contribution in [0.4, 0.5) is 0 Å². The SMILES string of the molecule is [2H]c1c([2H])c([2H])c(-c2nc(-c3c([2H])c([2H])c4c(c3[2H])-n3c5c([2H])c([2H])c([2H])c([2H])c5c5c([2H])c([2H])c([2H])c(c53)[Si]4(c3c([2H])c([2H])c([2H])c([2H])c3[2H])c3c([2H])c([2H])c([2H])c([2H])c3[2H])nc(-n3c4c([2H])c([2H])c([2H])c([2H])c4c4c([2H])c([2H])c([2H])c([2H])c43)n2)c([2H])c1[2H]. The molecule has 8 aromatic carbocycles. The second-order valence-electron chi connectivity index (χ2n) is 12.3. The van der Waals surface area contributed by atoms with Crippen LogP contribution in [-0.4, -0.2) is 32.2 Å². The van der Waals surface area contributed by atoms with Crippen molar-refractivity contribution >= 4 is 72.4 Å². The molecular formula is C51H33N5Si. The molecule has 1 aliphatic rings. The number of rotatable bonds is 5. The van der Waals surface area contributed by atoms with Gasteiger partial charge in [0.15, 0.2) is 19.7 Å². The van der Waals surface area contributed by atoms with Crippen LogP contribution in [-0.2, 0) is 0 Å². The predicted molar refractivity (Wildman–Crippen MR) is 237 cm³/mol. The van der Waals surface area contributed by atoms with Gasteiger partial charge in [-0.25, -0.2) is 4.98 Å². The molecule has 0 fully saturated rings. The fraction of sp³-hybridized carbons (Fsp3) is 0. The Hall–Kier alpha value is -7.41. The Balaban J connectivity index is 1.42. The van der Waals surface area contributed by atoms with E-state index in [1.54, 1.807) is 0 Å². The minimum absolute atomic E-state index is 0.550. The number of benzene rings is 8. The molecule has 0 aliphatic carbocycles. The lowest BCUT2D eigenvalue weighted by Gasteiger charge is -2.40. The van der Waals surface area contributed by atoms with Gasteiger partial charge in [0.05, 0.1) is 67.3 Å². The zero-order valence-electron chi connectivity index (χ0n) is 61.2. The van der Waals surface area contributed by atoms with E-state index < -0.39 is 306 Å². The minimum atomic E-state index is -6.23. The predicted octanol–water partition coefficient (Wildman–Crippen LogP) is 9.09. The summed E-state index contributed by atoms with van der Waals surface area (Å²) < 4.78 is 306. The Labute approximate surface area is 376 Å². The first-order valence-corrected chi connectivity index (χ1v) is 18.7. The van der Waals surface area contributed by atoms with Crippen molar-refractivity contribution < 1.29 is 45.2 Å². The number of para-hydroxylation sites is 4. The van der Waals surface area contributed by atoms with Gasteiger partial charge in [-0.05, 0) is 44.9 Å². The largest absolute Gasteiger partial charge is 0.309 e. The van der Waals surface area contributed by atoms with Crippen molar-refractivity contribution in [3.05, 3.63) is 199 Å². The highest BCUT2D eigenvalue weighted by Gasteiger charge is 2.47. The summed E-state index contributed by atoms with van der Waals surface area (Å²) in [5, 5.41) is -6.20. The van der Waals surface area contributed by atoms with Crippen molar-refractivity contribution in [2.45, 2.75) is 0 Å². The molecule has 5 nitrogen and oxygen atoms in total. The molecule has 0 atom stereocenters. The van der Waals surface area contributed by atoms with Crippen LogP contribution in [0.5, 0.6) is 0 Å². The summed E-state index contributed by atoms with van der Waals surface area (Å²) in [5.74, 6) is -3.05. The monoisotopic (exact) mass is 776 g/mol. The maximum absolute atomic E-state index is 10.6. The summed E-state index contributed by atoms with van der Waals surface area (Å²) in [7, 11) is -6.23. The standard InChI is InChI=1S/C51H33N5Si/c1-4-17-34(18-5-1)49-52-50(54-51(53-49)56-43-28-14-10-23-38(43)39-24-11-15-29-44(39)56)35-31-32-46-45(33-35)55-42-27-13-12-25-40(42)41-26-16-30-47(48(41)55)57(46,36-19-6-2-7-20-36)37-21-8-3-9-22-37/h1-33H/i1D,2D,3D,4D,5D,6D,7D,8D,9D,10D,11D,12D,13D,14D,15D,16D,17D,18D,19D,20D,21D,22D,23D,24D,25D,26D,27D,28D,29D,30D,31D,32D,33D. The van der Waals surface area contributed by atoms with Crippen molar-refractivity contribution in [3.63, 3.8) is 0 Å². The summed E-state index contributed by atoms with van der Waals surface area (Å²) in [5.41, 5.74) is -5.60. The third-order valence-corrected chi connectivity index (χ3v) is 13.8. The van der Waals surface area contributed by atoms with Gasteiger partial charge in [-0.1, -0.05) is 175 Å². The smallest absolute Gasteiger partial charge is 0.238 e. The van der Waals surface area contributed by atoms with Gasteiger partial charge in [-0.2, -0.15) is 9.97 Å². The van der Waals surface area contributed by atoms with E-state index in [4.69, 9.17) is 26.0 Å². The first kappa shape index (κ1) is 13.4. The quantitative estimate of drug-likeness (QED) is 0.164. The molecule has 0 saturated heterocycles. The number of nitrogens with zero attached hydrogens (tertiary/aromatic N) is 5. The number of hydrogen-bond acceptors (Lipinski definition) is 3. The van der Waals surface area contributed by atoms with E-state index in [9.17, 15) is 19.2 Å². The van der Waals surface area contributed by atoms with Gasteiger partial charge in [0, 0.05) is 38.4 Å². The molecule has 0 radical (unpaired) electrons. The summed E-state index contributed by atoms with van der Waals surface area (Å²) in [6, 6.07) is -34.6. The zero-order chi connectivity index (χ0) is 66.2. The molecule has 11 aromatic rings. The van der Waals surface area contributed by atoms with Gasteiger partial charge >= 0.3 is 0 Å². The van der Waals surface area contributed by atoms with Crippen molar-refractivity contribution in [1.82, 2.24) is 24.1 Å². The molecule has 0 saturated carbocycles. The van der Waals surface area contributed by atoms with E-state index in [1.165, 1.54) is 0 Å². The van der Waals surface area contributed by atoms with Crippen LogP contribution in [0.15, 0.2) is 199 Å². The molecule has 0 bridgehead atoms. The average Bonchev–Trinajstić information content (AvgIpc) is 1.23. The van der Waals surface area contributed by atoms with E-state index in [-0.39, 0.29) is 0 Å². The average molecular weight is 777 g/mol. The van der Waals surface area contributed by atoms with Crippen LogP contribution in [0.3, 0.4) is 0 Å². The van der Waals surface area contributed by atoms with Crippen molar-refractivity contribution in [1.29, 1.82) is 0 Å². The van der Waals surface area contributed by atoms with E-state index in [0.717, 1.165) is 4.57 Å². The van der Waals surface area contributed by atoms with Crippen LogP contribution in [0.1, 0.15) is 45.2 Å². The summed E-state index contributed by atoms with van der Waals surface area (Å²) in [4.78, 5) is 13.5. The lowest BCUT2D eigenvalue weighted by Crippen LogP contribution is -2.76. The molecule has 0 amide bonds. The van der Waals surface area contributed by atoms with Crippen LogP contribution >= 0.6 is 0 Å². The van der Waals surface area contributed by atoms with Gasteiger partial charge < -0.3 is 4.57 Å². The molecule has 0 unspecified atom stereocenters. The van der Waals surface area contributed by atoms with Crippen LogP contribution in [0.2, 0.25) is 0 Å². The molecular weight excluding hydrogens is 711 g/mol. The highest BCUT2D eigenvalue weighted by atomic mass is 28.3. The van der Waals surface area contributed by atoms with Gasteiger partial charge in [0.25, 0.3) is 0 Å². The first-order chi connectivity index (χ1) is 42.0. The fourth-order valence-electron chi connectivity index (χ4n) is 7.31. The van der Waals surface area contributed by atoms with Crippen molar-refractivity contribution in [2.75, 3.05) is 0 Å². The molecule has 4 heterocycles. The van der Waals surface area contributed by atoms with Crippen LogP contribution in [0.25, 0.3) is 78.0 Å². The Bertz CT molecular complexity index is 5080. The summed E-state index contributed by atoms with van der Waals surface area (Å²) in [6.07, 6.45) is 0. The molecule has 6 heteroatoms. The van der Waals surface area contributed by atoms with Gasteiger partial charge in [-0.3, -0.25) is 4.57 Å². The van der Waals surface area contributed by atoms with Crippen molar-refractivity contribution in [2.24, 2.45) is 0 Å². The van der Waals surface area contributed by atoms with Gasteiger partial charge in [-0.15, -0.1) is 0 Å². The summed E-state index contributed by atoms with van der Waals surface area (Å²) >= 11 is 0. The molecule has 12 rings (SSSR count). The van der Waals surface area contributed by atoms with E-state index in [2.05, 4.69) is 15.0 Å². The molecule has 0 spiro atoms. The second kappa shape index (κ2) is 12.3. The Kier molecular flexibility index (Phi) is 2.88. The Morgan fingerprint density at radius 3 is 1.49 bits per heavy atom. The first-order valence-electron chi connectivity index (χ1n) is 33.2. The van der Waals surface area contributed by atoms with Crippen molar-refractivity contribution in [3.8, 4) is 34.4 Å². The van der Waals surface area contributed by atoms with Crippen LogP contribution in [0, 0.1) is 0 Å². The third kappa shape index (κ3) is 4.53. The molecule has 3 aromatic heterocycles. The zero-order valence-corrected chi connectivity index (χ0v) is 29.2. The maximum atomic E-state index is 10.6. The highest BCUT2D eigenvalue weighted by Crippen LogP contribution is 2.37. The minimum Gasteiger partial charge on any atom is -0.309 e. The third-order valence-electron chi connectivity index (χ3n) is 9.53. The lowest BCUT2D eigenvalue weighted by molar-refractivity contribution is 0.953. The lowest BCUT2D eigenvalue weighted by atomic mass is 10.1. The molecule has 1 aliphatic heterocycles. The highest BCUT2D eigenvalue weighted by molar-refractivity contribution is 7.21. The van der Waals surface area contributed by atoms with E-state index in [0.29, 0.717) is 4.57 Å². The second-order valence-corrected chi connectivity index (χ2v) is 15.8. The van der Waals surface area contributed by atoms with Gasteiger partial charge in [0.1, 0.15) is 0 Å². The number of hydrogen-bond donors (Lipinski definition) is 0. The van der Waals surface area contributed by atoms with E-state index >= 15 is 0 Å². The molecule has 0 N–H and O–H groups in total. The van der Waals surface area contributed by atoms with Gasteiger partial charge in [0.2, 0.25) is 5.95 Å². The molecule has 266 valence electrons. The van der Waals surface area contributed by atoms with E-state index in [1.807, 2.05) is 0 Å². The normalized spacial score (nSPS) is 21.2.